The molecule has 0 fully saturated rings. The van der Waals surface area contributed by atoms with Crippen LogP contribution in [0.2, 0.25) is 0 Å². The van der Waals surface area contributed by atoms with Crippen LogP contribution in [0.1, 0.15) is 20.3 Å². The van der Waals surface area contributed by atoms with E-state index in [0.29, 0.717) is 6.61 Å². The fourth-order valence-electron chi connectivity index (χ4n) is 0.654. The first-order valence-electron chi connectivity index (χ1n) is 3.39. The average Bonchev–Trinajstić information content (AvgIpc) is 1.89. The fourth-order valence-corrected chi connectivity index (χ4v) is 0.654. The number of nitrogens with two attached hydrogens (primary N) is 1. The molecule has 10 heavy (non-hydrogen) atoms. The topological polar surface area (TPSA) is 35.2 Å². The van der Waals surface area contributed by atoms with Gasteiger partial charge in [0.05, 0.1) is 6.26 Å². The minimum absolute atomic E-state index is 0.572. The minimum Gasteiger partial charge on any atom is -0.497 e. The molecule has 0 radical (unpaired) electrons. The molecule has 0 aromatic carbocycles. The molecule has 0 atom stereocenters. The number of hydrogen-bond donors (Lipinski definition) is 1. The molecule has 0 saturated carbocycles. The molecule has 0 unspecified atom stereocenters. The summed E-state index contributed by atoms with van der Waals surface area (Å²) in [6.45, 7) is 7.95. The van der Waals surface area contributed by atoms with E-state index in [0.717, 1.165) is 17.7 Å². The van der Waals surface area contributed by atoms with Gasteiger partial charge in [-0.2, -0.15) is 0 Å². The van der Waals surface area contributed by atoms with Crippen LogP contribution in [0.3, 0.4) is 0 Å². The summed E-state index contributed by atoms with van der Waals surface area (Å²) in [5.41, 5.74) is 7.54. The van der Waals surface area contributed by atoms with Gasteiger partial charge in [-0.1, -0.05) is 13.5 Å². The fraction of sp³-hybridized carbons (Fsp3) is 0.500. The van der Waals surface area contributed by atoms with E-state index in [9.17, 15) is 0 Å². The number of allylic oxidation sites excluding steroid dienone is 1. The van der Waals surface area contributed by atoms with Crippen molar-refractivity contribution >= 4 is 0 Å². The maximum atomic E-state index is 5.55. The SMILES string of the molecule is C=COC/C(CC)=C(/C)N. The van der Waals surface area contributed by atoms with Crippen LogP contribution in [0.15, 0.2) is 24.1 Å². The lowest BCUT2D eigenvalue weighted by Gasteiger charge is -2.05. The Labute approximate surface area is 62.4 Å². The Bertz CT molecular complexity index is 134. The molecular formula is C8H15NO. The summed E-state index contributed by atoms with van der Waals surface area (Å²) in [6, 6.07) is 0. The van der Waals surface area contributed by atoms with Gasteiger partial charge in [0.1, 0.15) is 6.61 Å². The Morgan fingerprint density at radius 1 is 1.70 bits per heavy atom. The summed E-state index contributed by atoms with van der Waals surface area (Å²) in [6.07, 6.45) is 2.37. The molecule has 0 aliphatic rings. The Morgan fingerprint density at radius 2 is 2.30 bits per heavy atom. The van der Waals surface area contributed by atoms with Gasteiger partial charge in [-0.25, -0.2) is 0 Å². The van der Waals surface area contributed by atoms with Gasteiger partial charge in [0.2, 0.25) is 0 Å². The van der Waals surface area contributed by atoms with Crippen molar-refractivity contribution in [3.8, 4) is 0 Å². The molecule has 0 heterocycles. The van der Waals surface area contributed by atoms with Gasteiger partial charge in [0.15, 0.2) is 0 Å². The van der Waals surface area contributed by atoms with Crippen LogP contribution in [0.4, 0.5) is 0 Å². The zero-order valence-electron chi connectivity index (χ0n) is 6.68. The van der Waals surface area contributed by atoms with Crippen LogP contribution in [0, 0.1) is 0 Å². The predicted molar refractivity (Wildman–Crippen MR) is 43.3 cm³/mol. The molecule has 2 N–H and O–H groups in total. The minimum atomic E-state index is 0.572. The van der Waals surface area contributed by atoms with Gasteiger partial charge in [-0.05, 0) is 18.9 Å². The summed E-state index contributed by atoms with van der Waals surface area (Å²) in [5, 5.41) is 0. The van der Waals surface area contributed by atoms with Crippen molar-refractivity contribution in [1.29, 1.82) is 0 Å². The second kappa shape index (κ2) is 4.91. The van der Waals surface area contributed by atoms with Gasteiger partial charge in [0, 0.05) is 5.70 Å². The number of rotatable bonds is 4. The third-order valence-electron chi connectivity index (χ3n) is 1.36. The van der Waals surface area contributed by atoms with E-state index in [4.69, 9.17) is 10.5 Å². The van der Waals surface area contributed by atoms with Crippen molar-refractivity contribution in [3.63, 3.8) is 0 Å². The maximum absolute atomic E-state index is 5.55. The zero-order chi connectivity index (χ0) is 7.98. The first-order chi connectivity index (χ1) is 4.72. The van der Waals surface area contributed by atoms with Gasteiger partial charge in [-0.15, -0.1) is 0 Å². The second-order valence-corrected chi connectivity index (χ2v) is 2.12. The third-order valence-corrected chi connectivity index (χ3v) is 1.36. The molecule has 0 saturated heterocycles. The molecule has 0 rings (SSSR count). The van der Waals surface area contributed by atoms with Gasteiger partial charge in [0.25, 0.3) is 0 Å². The van der Waals surface area contributed by atoms with E-state index in [2.05, 4.69) is 13.5 Å². The molecule has 0 aromatic rings. The predicted octanol–water partition coefficient (Wildman–Crippen LogP) is 1.79. The zero-order valence-corrected chi connectivity index (χ0v) is 6.68. The van der Waals surface area contributed by atoms with Crippen LogP contribution in [0.25, 0.3) is 0 Å². The quantitative estimate of drug-likeness (QED) is 0.606. The van der Waals surface area contributed by atoms with Crippen molar-refractivity contribution in [2.24, 2.45) is 5.73 Å². The number of hydrogen-bond acceptors (Lipinski definition) is 2. The number of ether oxygens (including phenoxy) is 1. The van der Waals surface area contributed by atoms with Crippen molar-refractivity contribution in [1.82, 2.24) is 0 Å². The van der Waals surface area contributed by atoms with Crippen LogP contribution < -0.4 is 5.73 Å². The summed E-state index contributed by atoms with van der Waals surface area (Å²) in [4.78, 5) is 0. The molecule has 0 spiro atoms. The molecule has 2 heteroatoms. The molecular weight excluding hydrogens is 126 g/mol. The molecule has 58 valence electrons. The van der Waals surface area contributed by atoms with Crippen LogP contribution in [-0.2, 0) is 4.74 Å². The highest BCUT2D eigenvalue weighted by Gasteiger charge is 1.95. The van der Waals surface area contributed by atoms with E-state index in [1.54, 1.807) is 0 Å². The Hall–Kier alpha value is -0.920. The Morgan fingerprint density at radius 3 is 2.60 bits per heavy atom. The summed E-state index contributed by atoms with van der Waals surface area (Å²) >= 11 is 0. The van der Waals surface area contributed by atoms with Gasteiger partial charge >= 0.3 is 0 Å². The lowest BCUT2D eigenvalue weighted by Crippen LogP contribution is -2.02. The second-order valence-electron chi connectivity index (χ2n) is 2.12. The van der Waals surface area contributed by atoms with Crippen LogP contribution in [-0.4, -0.2) is 6.61 Å². The third kappa shape index (κ3) is 3.17. The summed E-state index contributed by atoms with van der Waals surface area (Å²) in [5.74, 6) is 0. The van der Waals surface area contributed by atoms with Crippen molar-refractivity contribution in [2.75, 3.05) is 6.61 Å². The van der Waals surface area contributed by atoms with E-state index in [1.807, 2.05) is 6.92 Å². The molecule has 0 bridgehead atoms. The standard InChI is InChI=1S/C8H15NO/c1-4-8(7(3)9)6-10-5-2/h5H,2,4,6,9H2,1,3H3/b8-7-. The van der Waals surface area contributed by atoms with Crippen molar-refractivity contribution in [3.05, 3.63) is 24.1 Å². The highest BCUT2D eigenvalue weighted by molar-refractivity contribution is 5.08. The van der Waals surface area contributed by atoms with Crippen LogP contribution >= 0.6 is 0 Å². The lowest BCUT2D eigenvalue weighted by atomic mass is 10.2. The average molecular weight is 141 g/mol. The van der Waals surface area contributed by atoms with Crippen LogP contribution in [0.5, 0.6) is 0 Å². The molecule has 2 nitrogen and oxygen atoms in total. The van der Waals surface area contributed by atoms with E-state index < -0.39 is 0 Å². The van der Waals surface area contributed by atoms with Gasteiger partial charge < -0.3 is 10.5 Å². The lowest BCUT2D eigenvalue weighted by molar-refractivity contribution is 0.278. The van der Waals surface area contributed by atoms with E-state index in [1.165, 1.54) is 6.26 Å². The van der Waals surface area contributed by atoms with Crippen molar-refractivity contribution < 1.29 is 4.74 Å². The molecule has 0 aliphatic carbocycles. The van der Waals surface area contributed by atoms with Crippen molar-refractivity contribution in [2.45, 2.75) is 20.3 Å². The Kier molecular flexibility index (Phi) is 4.46. The summed E-state index contributed by atoms with van der Waals surface area (Å²) < 4.78 is 4.97. The molecule has 0 amide bonds. The molecule has 0 aromatic heterocycles. The maximum Gasteiger partial charge on any atom is 0.110 e. The van der Waals surface area contributed by atoms with E-state index in [-0.39, 0.29) is 0 Å². The highest BCUT2D eigenvalue weighted by Crippen LogP contribution is 2.03. The first kappa shape index (κ1) is 9.08. The van der Waals surface area contributed by atoms with Gasteiger partial charge in [-0.3, -0.25) is 0 Å². The normalized spacial score (nSPS) is 12.2. The Balaban J connectivity index is 3.84. The largest absolute Gasteiger partial charge is 0.497 e. The van der Waals surface area contributed by atoms with E-state index >= 15 is 0 Å². The smallest absolute Gasteiger partial charge is 0.110 e. The monoisotopic (exact) mass is 141 g/mol. The summed E-state index contributed by atoms with van der Waals surface area (Å²) in [7, 11) is 0. The molecule has 0 aliphatic heterocycles. The first-order valence-corrected chi connectivity index (χ1v) is 3.39. The highest BCUT2D eigenvalue weighted by atomic mass is 16.5.